The number of carbonyl (C=O) groups excluding carboxylic acids is 1. The fourth-order valence-corrected chi connectivity index (χ4v) is 2.49. The van der Waals surface area contributed by atoms with Crippen LogP contribution in [0, 0.1) is 6.92 Å². The van der Waals surface area contributed by atoms with E-state index in [0.717, 1.165) is 16.8 Å². The van der Waals surface area contributed by atoms with Crippen molar-refractivity contribution < 1.29 is 4.79 Å². The molecule has 1 amide bonds. The molecular weight excluding hydrogens is 336 g/mol. The molecule has 0 saturated carbocycles. The fraction of sp³-hybridized carbons (Fsp3) is 0.105. The van der Waals surface area contributed by atoms with Gasteiger partial charge in [-0.2, -0.15) is 0 Å². The molecule has 0 saturated heterocycles. The van der Waals surface area contributed by atoms with Gasteiger partial charge < -0.3 is 10.6 Å². The Balaban J connectivity index is 1.61. The maximum atomic E-state index is 12.2. The Morgan fingerprint density at radius 2 is 1.92 bits per heavy atom. The van der Waals surface area contributed by atoms with E-state index in [4.69, 9.17) is 11.6 Å². The third kappa shape index (κ3) is 4.55. The SMILES string of the molecule is Cc1cccc(Nc2cnc(C(=O)NCc3ccccc3Cl)cn2)c1. The van der Waals surface area contributed by atoms with Gasteiger partial charge in [-0.1, -0.05) is 41.9 Å². The molecule has 5 nitrogen and oxygen atoms in total. The van der Waals surface area contributed by atoms with Gasteiger partial charge in [-0.15, -0.1) is 0 Å². The normalized spacial score (nSPS) is 10.3. The lowest BCUT2D eigenvalue weighted by molar-refractivity contribution is 0.0945. The van der Waals surface area contributed by atoms with Crippen LogP contribution in [0.4, 0.5) is 11.5 Å². The number of anilines is 2. The lowest BCUT2D eigenvalue weighted by atomic mass is 10.2. The van der Waals surface area contributed by atoms with Crippen LogP contribution in [-0.2, 0) is 6.54 Å². The van der Waals surface area contributed by atoms with E-state index >= 15 is 0 Å². The maximum Gasteiger partial charge on any atom is 0.271 e. The zero-order chi connectivity index (χ0) is 17.6. The lowest BCUT2D eigenvalue weighted by Gasteiger charge is -2.08. The summed E-state index contributed by atoms with van der Waals surface area (Å²) in [5.74, 6) is 0.280. The third-order valence-electron chi connectivity index (χ3n) is 3.57. The number of carbonyl (C=O) groups is 1. The first-order valence-corrected chi connectivity index (χ1v) is 8.17. The zero-order valence-corrected chi connectivity index (χ0v) is 14.4. The van der Waals surface area contributed by atoms with Crippen molar-refractivity contribution in [3.8, 4) is 0 Å². The Bertz CT molecular complexity index is 881. The van der Waals surface area contributed by atoms with E-state index in [9.17, 15) is 4.79 Å². The summed E-state index contributed by atoms with van der Waals surface area (Å²) in [6.45, 7) is 2.35. The van der Waals surface area contributed by atoms with E-state index in [1.54, 1.807) is 6.07 Å². The molecule has 0 unspecified atom stereocenters. The summed E-state index contributed by atoms with van der Waals surface area (Å²) in [7, 11) is 0. The monoisotopic (exact) mass is 352 g/mol. The minimum Gasteiger partial charge on any atom is -0.347 e. The first-order chi connectivity index (χ1) is 12.1. The molecule has 0 aliphatic rings. The minimum atomic E-state index is -0.297. The summed E-state index contributed by atoms with van der Waals surface area (Å²) in [6, 6.07) is 15.3. The number of rotatable bonds is 5. The minimum absolute atomic E-state index is 0.252. The highest BCUT2D eigenvalue weighted by atomic mass is 35.5. The van der Waals surface area contributed by atoms with Gasteiger partial charge in [0.05, 0.1) is 12.4 Å². The molecule has 0 spiro atoms. The predicted octanol–water partition coefficient (Wildman–Crippen LogP) is 4.11. The summed E-state index contributed by atoms with van der Waals surface area (Å²) >= 11 is 6.08. The van der Waals surface area contributed by atoms with Crippen LogP contribution < -0.4 is 10.6 Å². The van der Waals surface area contributed by atoms with Crippen molar-refractivity contribution in [2.75, 3.05) is 5.32 Å². The topological polar surface area (TPSA) is 66.9 Å². The molecule has 0 aliphatic carbocycles. The number of hydrogen-bond acceptors (Lipinski definition) is 4. The molecule has 126 valence electrons. The summed E-state index contributed by atoms with van der Waals surface area (Å²) in [4.78, 5) is 20.6. The number of nitrogens with zero attached hydrogens (tertiary/aromatic N) is 2. The van der Waals surface area contributed by atoms with Gasteiger partial charge in [0.1, 0.15) is 11.5 Å². The third-order valence-corrected chi connectivity index (χ3v) is 3.94. The van der Waals surface area contributed by atoms with E-state index in [1.807, 2.05) is 49.4 Å². The van der Waals surface area contributed by atoms with Crippen molar-refractivity contribution in [1.29, 1.82) is 0 Å². The molecule has 3 aromatic rings. The average Bonchev–Trinajstić information content (AvgIpc) is 2.61. The average molecular weight is 353 g/mol. The Kier molecular flexibility index (Phi) is 5.26. The molecular formula is C19H17ClN4O. The van der Waals surface area contributed by atoms with Crippen molar-refractivity contribution in [2.24, 2.45) is 0 Å². The number of aromatic nitrogens is 2. The molecule has 2 aromatic carbocycles. The molecule has 2 N–H and O–H groups in total. The molecule has 3 rings (SSSR count). The van der Waals surface area contributed by atoms with Gasteiger partial charge in [0, 0.05) is 17.3 Å². The Morgan fingerprint density at radius 3 is 2.64 bits per heavy atom. The molecule has 0 fully saturated rings. The van der Waals surface area contributed by atoms with Crippen LogP contribution in [0.2, 0.25) is 5.02 Å². The first-order valence-electron chi connectivity index (χ1n) is 7.79. The zero-order valence-electron chi connectivity index (χ0n) is 13.7. The van der Waals surface area contributed by atoms with E-state index in [2.05, 4.69) is 20.6 Å². The number of halogens is 1. The van der Waals surface area contributed by atoms with Crippen molar-refractivity contribution in [3.05, 3.63) is 82.8 Å². The van der Waals surface area contributed by atoms with Gasteiger partial charge in [-0.05, 0) is 36.2 Å². The van der Waals surface area contributed by atoms with Crippen molar-refractivity contribution in [2.45, 2.75) is 13.5 Å². The van der Waals surface area contributed by atoms with Crippen LogP contribution in [0.3, 0.4) is 0 Å². The number of aryl methyl sites for hydroxylation is 1. The molecule has 0 bridgehead atoms. The second-order valence-corrected chi connectivity index (χ2v) is 5.96. The number of hydrogen-bond donors (Lipinski definition) is 2. The Labute approximate surface area is 151 Å². The van der Waals surface area contributed by atoms with Gasteiger partial charge in [0.2, 0.25) is 0 Å². The second-order valence-electron chi connectivity index (χ2n) is 5.56. The van der Waals surface area contributed by atoms with Crippen molar-refractivity contribution in [3.63, 3.8) is 0 Å². The van der Waals surface area contributed by atoms with E-state index in [0.29, 0.717) is 17.4 Å². The van der Waals surface area contributed by atoms with Gasteiger partial charge in [0.25, 0.3) is 5.91 Å². The van der Waals surface area contributed by atoms with E-state index in [1.165, 1.54) is 12.4 Å². The molecule has 1 aromatic heterocycles. The highest BCUT2D eigenvalue weighted by Gasteiger charge is 2.09. The summed E-state index contributed by atoms with van der Waals surface area (Å²) in [5.41, 5.74) is 3.17. The standard InChI is InChI=1S/C19H17ClN4O/c1-13-5-4-7-15(9-13)24-18-12-21-17(11-22-18)19(25)23-10-14-6-2-3-8-16(14)20/h2-9,11-12H,10H2,1H3,(H,22,24)(H,23,25). The maximum absolute atomic E-state index is 12.2. The molecule has 0 radical (unpaired) electrons. The van der Waals surface area contributed by atoms with Gasteiger partial charge in [0.15, 0.2) is 0 Å². The predicted molar refractivity (Wildman–Crippen MR) is 99.1 cm³/mol. The summed E-state index contributed by atoms with van der Waals surface area (Å²) < 4.78 is 0. The molecule has 0 atom stereocenters. The van der Waals surface area contributed by atoms with Crippen LogP contribution >= 0.6 is 11.6 Å². The highest BCUT2D eigenvalue weighted by molar-refractivity contribution is 6.31. The summed E-state index contributed by atoms with van der Waals surface area (Å²) in [6.07, 6.45) is 2.98. The number of amides is 1. The van der Waals surface area contributed by atoms with Crippen LogP contribution in [0.5, 0.6) is 0 Å². The molecule has 6 heteroatoms. The largest absolute Gasteiger partial charge is 0.347 e. The van der Waals surface area contributed by atoms with E-state index < -0.39 is 0 Å². The number of benzene rings is 2. The highest BCUT2D eigenvalue weighted by Crippen LogP contribution is 2.16. The lowest BCUT2D eigenvalue weighted by Crippen LogP contribution is -2.24. The Hall–Kier alpha value is -2.92. The van der Waals surface area contributed by atoms with Gasteiger partial charge in [-0.3, -0.25) is 4.79 Å². The smallest absolute Gasteiger partial charge is 0.271 e. The quantitative estimate of drug-likeness (QED) is 0.725. The van der Waals surface area contributed by atoms with E-state index in [-0.39, 0.29) is 11.6 Å². The first kappa shape index (κ1) is 16.9. The van der Waals surface area contributed by atoms with Gasteiger partial charge >= 0.3 is 0 Å². The van der Waals surface area contributed by atoms with Crippen LogP contribution in [0.1, 0.15) is 21.6 Å². The van der Waals surface area contributed by atoms with Gasteiger partial charge in [-0.25, -0.2) is 9.97 Å². The fourth-order valence-electron chi connectivity index (χ4n) is 2.29. The van der Waals surface area contributed by atoms with Crippen LogP contribution in [0.15, 0.2) is 60.9 Å². The second kappa shape index (κ2) is 7.77. The Morgan fingerprint density at radius 1 is 1.08 bits per heavy atom. The molecule has 1 heterocycles. The molecule has 25 heavy (non-hydrogen) atoms. The van der Waals surface area contributed by atoms with Crippen LogP contribution in [-0.4, -0.2) is 15.9 Å². The van der Waals surface area contributed by atoms with Crippen LogP contribution in [0.25, 0.3) is 0 Å². The van der Waals surface area contributed by atoms with Crippen molar-refractivity contribution >= 4 is 29.0 Å². The molecule has 0 aliphatic heterocycles. The van der Waals surface area contributed by atoms with Crippen molar-refractivity contribution in [1.82, 2.24) is 15.3 Å². The summed E-state index contributed by atoms with van der Waals surface area (Å²) in [5, 5.41) is 6.56. The number of nitrogens with one attached hydrogen (secondary N) is 2.